The zero-order valence-electron chi connectivity index (χ0n) is 11.9. The van der Waals surface area contributed by atoms with Crippen LogP contribution in [0.25, 0.3) is 0 Å². The number of fused-ring (bicyclic) bond motifs is 1. The van der Waals surface area contributed by atoms with Gasteiger partial charge >= 0.3 is 5.97 Å². The highest BCUT2D eigenvalue weighted by molar-refractivity contribution is 5.92. The molecule has 0 aromatic heterocycles. The molecule has 0 saturated heterocycles. The summed E-state index contributed by atoms with van der Waals surface area (Å²) in [6.45, 7) is 0. The molecule has 1 aliphatic heterocycles. The van der Waals surface area contributed by atoms with E-state index in [1.165, 1.54) is 0 Å². The van der Waals surface area contributed by atoms with Crippen molar-refractivity contribution in [2.75, 3.05) is 5.32 Å². The van der Waals surface area contributed by atoms with Gasteiger partial charge in [0.1, 0.15) is 11.6 Å². The predicted octanol–water partition coefficient (Wildman–Crippen LogP) is 1.93. The molecule has 1 saturated carbocycles. The second-order valence-electron chi connectivity index (χ2n) is 6.00. The van der Waals surface area contributed by atoms with E-state index in [2.05, 4.69) is 10.6 Å². The van der Waals surface area contributed by atoms with E-state index in [4.69, 9.17) is 0 Å². The molecule has 1 unspecified atom stereocenters. The first-order valence-corrected chi connectivity index (χ1v) is 7.51. The normalized spacial score (nSPS) is 23.0. The summed E-state index contributed by atoms with van der Waals surface area (Å²) in [4.78, 5) is 24.1. The fraction of sp³-hybridized carbons (Fsp3) is 0.500. The fourth-order valence-corrected chi connectivity index (χ4v) is 3.33. The number of amides is 1. The van der Waals surface area contributed by atoms with E-state index in [9.17, 15) is 14.7 Å². The Hall–Kier alpha value is -2.04. The van der Waals surface area contributed by atoms with Crippen LogP contribution in [-0.2, 0) is 16.0 Å². The number of anilines is 1. The molecule has 1 heterocycles. The maximum Gasteiger partial charge on any atom is 0.329 e. The van der Waals surface area contributed by atoms with Crippen molar-refractivity contribution in [1.29, 1.82) is 0 Å². The highest BCUT2D eigenvalue weighted by Crippen LogP contribution is 2.30. The third-order valence-electron chi connectivity index (χ3n) is 4.57. The molecule has 1 aromatic rings. The fourth-order valence-electron chi connectivity index (χ4n) is 3.33. The minimum atomic E-state index is -1.08. The lowest BCUT2D eigenvalue weighted by Crippen LogP contribution is -2.58. The molecule has 3 rings (SSSR count). The second kappa shape index (κ2) is 5.39. The average Bonchev–Trinajstić information content (AvgIpc) is 2.92. The number of carboxylic acid groups (broad SMARTS) is 1. The first-order chi connectivity index (χ1) is 10.1. The molecular weight excluding hydrogens is 268 g/mol. The molecule has 1 aliphatic carbocycles. The number of hydrogen-bond acceptors (Lipinski definition) is 3. The van der Waals surface area contributed by atoms with Gasteiger partial charge in [0.25, 0.3) is 0 Å². The molecule has 0 spiro atoms. The van der Waals surface area contributed by atoms with E-state index in [0.717, 1.165) is 30.5 Å². The second-order valence-corrected chi connectivity index (χ2v) is 6.00. The van der Waals surface area contributed by atoms with Gasteiger partial charge in [-0.05, 0) is 24.5 Å². The summed E-state index contributed by atoms with van der Waals surface area (Å²) in [7, 11) is 0. The van der Waals surface area contributed by atoms with Gasteiger partial charge in [-0.25, -0.2) is 4.79 Å². The molecule has 1 amide bonds. The Morgan fingerprint density at radius 1 is 1.19 bits per heavy atom. The number of benzene rings is 1. The summed E-state index contributed by atoms with van der Waals surface area (Å²) in [5, 5.41) is 15.5. The largest absolute Gasteiger partial charge is 0.480 e. The van der Waals surface area contributed by atoms with E-state index in [0.29, 0.717) is 19.3 Å². The van der Waals surface area contributed by atoms with Crippen molar-refractivity contribution in [3.8, 4) is 0 Å². The molecule has 1 aromatic carbocycles. The van der Waals surface area contributed by atoms with Crippen molar-refractivity contribution in [3.63, 3.8) is 0 Å². The van der Waals surface area contributed by atoms with Gasteiger partial charge in [0.2, 0.25) is 5.91 Å². The Kier molecular flexibility index (Phi) is 3.57. The zero-order valence-corrected chi connectivity index (χ0v) is 11.9. The Bertz CT molecular complexity index is 539. The van der Waals surface area contributed by atoms with Gasteiger partial charge in [-0.2, -0.15) is 0 Å². The quantitative estimate of drug-likeness (QED) is 0.794. The van der Waals surface area contributed by atoms with E-state index < -0.39 is 11.5 Å². The van der Waals surface area contributed by atoms with Crippen LogP contribution < -0.4 is 10.6 Å². The van der Waals surface area contributed by atoms with Crippen molar-refractivity contribution in [1.82, 2.24) is 5.32 Å². The lowest BCUT2D eigenvalue weighted by molar-refractivity contribution is -0.149. The Balaban J connectivity index is 1.70. The lowest BCUT2D eigenvalue weighted by atomic mass is 9.81. The molecule has 5 heteroatoms. The Morgan fingerprint density at radius 2 is 1.90 bits per heavy atom. The molecule has 112 valence electrons. The molecule has 3 N–H and O–H groups in total. The highest BCUT2D eigenvalue weighted by Gasteiger charge is 2.42. The third-order valence-corrected chi connectivity index (χ3v) is 4.57. The van der Waals surface area contributed by atoms with Crippen LogP contribution in [0.1, 0.15) is 37.7 Å². The van der Waals surface area contributed by atoms with Crippen LogP contribution in [-0.4, -0.2) is 28.6 Å². The van der Waals surface area contributed by atoms with Crippen LogP contribution in [0.15, 0.2) is 24.3 Å². The summed E-state index contributed by atoms with van der Waals surface area (Å²) in [6.07, 6.45) is 4.40. The number of carboxylic acids is 1. The lowest BCUT2D eigenvalue weighted by Gasteiger charge is -2.34. The van der Waals surface area contributed by atoms with Gasteiger partial charge < -0.3 is 15.7 Å². The minimum absolute atomic E-state index is 0.213. The summed E-state index contributed by atoms with van der Waals surface area (Å²) in [6, 6.07) is 7.42. The maximum atomic E-state index is 12.5. The molecule has 2 aliphatic rings. The van der Waals surface area contributed by atoms with Crippen molar-refractivity contribution in [3.05, 3.63) is 29.8 Å². The van der Waals surface area contributed by atoms with E-state index in [-0.39, 0.29) is 11.9 Å². The molecule has 1 fully saturated rings. The van der Waals surface area contributed by atoms with Gasteiger partial charge in [-0.1, -0.05) is 37.5 Å². The number of rotatable bonds is 3. The molecule has 1 atom stereocenters. The monoisotopic (exact) mass is 288 g/mol. The highest BCUT2D eigenvalue weighted by atomic mass is 16.4. The topological polar surface area (TPSA) is 78.4 Å². The van der Waals surface area contributed by atoms with Crippen LogP contribution in [0.2, 0.25) is 0 Å². The first kappa shape index (κ1) is 13.9. The van der Waals surface area contributed by atoms with Gasteiger partial charge in [0.15, 0.2) is 0 Å². The van der Waals surface area contributed by atoms with Gasteiger partial charge in [0.05, 0.1) is 0 Å². The Labute approximate surface area is 123 Å². The van der Waals surface area contributed by atoms with Gasteiger partial charge in [0, 0.05) is 12.1 Å². The van der Waals surface area contributed by atoms with Crippen LogP contribution in [0.4, 0.5) is 5.69 Å². The standard InChI is InChI=1S/C16H20N2O3/c19-14(13-10-11-6-2-3-7-12(11)17-13)18-16(15(20)21)8-4-1-5-9-16/h2-3,6-7,13,17H,1,4-5,8-10H2,(H,18,19)(H,20,21). The number of nitrogens with one attached hydrogen (secondary N) is 2. The summed E-state index contributed by atoms with van der Waals surface area (Å²) < 4.78 is 0. The predicted molar refractivity (Wildman–Crippen MR) is 79.2 cm³/mol. The maximum absolute atomic E-state index is 12.5. The number of hydrogen-bond donors (Lipinski definition) is 3. The Morgan fingerprint density at radius 3 is 2.57 bits per heavy atom. The van der Waals surface area contributed by atoms with Crippen LogP contribution in [0, 0.1) is 0 Å². The van der Waals surface area contributed by atoms with E-state index >= 15 is 0 Å². The van der Waals surface area contributed by atoms with Crippen molar-refractivity contribution >= 4 is 17.6 Å². The van der Waals surface area contributed by atoms with Crippen LogP contribution >= 0.6 is 0 Å². The number of carbonyl (C=O) groups is 2. The van der Waals surface area contributed by atoms with Gasteiger partial charge in [-0.3, -0.25) is 4.79 Å². The zero-order chi connectivity index (χ0) is 14.9. The van der Waals surface area contributed by atoms with E-state index in [1.807, 2.05) is 24.3 Å². The summed E-state index contributed by atoms with van der Waals surface area (Å²) in [5.41, 5.74) is 0.988. The third kappa shape index (κ3) is 2.60. The SMILES string of the molecule is O=C(NC1(C(=O)O)CCCCC1)C1Cc2ccccc2N1. The van der Waals surface area contributed by atoms with Crippen LogP contribution in [0.5, 0.6) is 0 Å². The van der Waals surface area contributed by atoms with Crippen molar-refractivity contribution in [2.24, 2.45) is 0 Å². The smallest absolute Gasteiger partial charge is 0.329 e. The first-order valence-electron chi connectivity index (χ1n) is 7.51. The molecule has 0 bridgehead atoms. The molecule has 0 radical (unpaired) electrons. The molecule has 5 nitrogen and oxygen atoms in total. The summed E-state index contributed by atoms with van der Waals surface area (Å²) >= 11 is 0. The molecule has 21 heavy (non-hydrogen) atoms. The van der Waals surface area contributed by atoms with Crippen molar-refractivity contribution in [2.45, 2.75) is 50.1 Å². The van der Waals surface area contributed by atoms with Gasteiger partial charge in [-0.15, -0.1) is 0 Å². The summed E-state index contributed by atoms with van der Waals surface area (Å²) in [5.74, 6) is -1.12. The number of aliphatic carboxylic acids is 1. The average molecular weight is 288 g/mol. The number of carbonyl (C=O) groups excluding carboxylic acids is 1. The van der Waals surface area contributed by atoms with Crippen LogP contribution in [0.3, 0.4) is 0 Å². The van der Waals surface area contributed by atoms with E-state index in [1.54, 1.807) is 0 Å². The number of para-hydroxylation sites is 1. The van der Waals surface area contributed by atoms with Crippen molar-refractivity contribution < 1.29 is 14.7 Å². The molecular formula is C16H20N2O3. The minimum Gasteiger partial charge on any atom is -0.480 e.